The molecule has 0 radical (unpaired) electrons. The molecule has 0 atom stereocenters. The summed E-state index contributed by atoms with van der Waals surface area (Å²) in [7, 11) is 1.62. The van der Waals surface area contributed by atoms with Gasteiger partial charge in [-0.25, -0.2) is 0 Å². The number of rotatable bonds is 1. The maximum Gasteiger partial charge on any atom is 0.256 e. The van der Waals surface area contributed by atoms with E-state index in [0.717, 1.165) is 0 Å². The van der Waals surface area contributed by atoms with Gasteiger partial charge in [0, 0.05) is 17.6 Å². The van der Waals surface area contributed by atoms with Gasteiger partial charge in [-0.1, -0.05) is 25.4 Å². The highest BCUT2D eigenvalue weighted by atomic mass is 35.5. The van der Waals surface area contributed by atoms with E-state index in [9.17, 15) is 4.79 Å². The molecule has 88 valence electrons. The van der Waals surface area contributed by atoms with Crippen molar-refractivity contribution in [1.82, 2.24) is 5.32 Å². The molecule has 3 nitrogen and oxygen atoms in total. The fourth-order valence-corrected chi connectivity index (χ4v) is 1.02. The molecular formula is C12H17ClN2O. The maximum absolute atomic E-state index is 11.5. The summed E-state index contributed by atoms with van der Waals surface area (Å²) in [5.74, 6) is 0.412. The summed E-state index contributed by atoms with van der Waals surface area (Å²) in [5, 5.41) is 3.25. The Kier molecular flexibility index (Phi) is 7.21. The third-order valence-corrected chi connectivity index (χ3v) is 1.99. The number of nitrogens with zero attached hydrogens (tertiary/aromatic N) is 1. The lowest BCUT2D eigenvalue weighted by atomic mass is 10.2. The first-order chi connectivity index (χ1) is 7.63. The maximum atomic E-state index is 11.5. The van der Waals surface area contributed by atoms with Gasteiger partial charge >= 0.3 is 0 Å². The van der Waals surface area contributed by atoms with Crippen LogP contribution < -0.4 is 5.32 Å². The van der Waals surface area contributed by atoms with Crippen LogP contribution in [0.25, 0.3) is 0 Å². The van der Waals surface area contributed by atoms with Crippen LogP contribution in [-0.2, 0) is 0 Å². The third kappa shape index (κ3) is 4.94. The lowest BCUT2D eigenvalue weighted by molar-refractivity contribution is 0.0977. The minimum absolute atomic E-state index is 0.176. The molecule has 4 heteroatoms. The van der Waals surface area contributed by atoms with Gasteiger partial charge in [0.1, 0.15) is 0 Å². The van der Waals surface area contributed by atoms with E-state index in [-0.39, 0.29) is 5.91 Å². The lowest BCUT2D eigenvalue weighted by Gasteiger charge is -2.03. The molecule has 1 aromatic carbocycles. The van der Waals surface area contributed by atoms with Crippen molar-refractivity contribution < 1.29 is 4.79 Å². The topological polar surface area (TPSA) is 41.5 Å². The molecule has 1 amide bonds. The monoisotopic (exact) mass is 240 g/mol. The molecule has 0 aliphatic rings. The minimum Gasteiger partial charge on any atom is -0.311 e. The average molecular weight is 241 g/mol. The molecule has 0 saturated carbocycles. The SMILES string of the molecule is CC.CN=C(C)NC(=O)c1ccc(Cl)cc1. The number of halogens is 1. The van der Waals surface area contributed by atoms with Gasteiger partial charge in [-0.2, -0.15) is 0 Å². The smallest absolute Gasteiger partial charge is 0.256 e. The lowest BCUT2D eigenvalue weighted by Crippen LogP contribution is -2.28. The Balaban J connectivity index is 0.00000106. The molecule has 0 heterocycles. The van der Waals surface area contributed by atoms with Crippen molar-refractivity contribution in [2.75, 3.05) is 7.05 Å². The molecular weight excluding hydrogens is 224 g/mol. The van der Waals surface area contributed by atoms with Gasteiger partial charge in [-0.3, -0.25) is 9.79 Å². The van der Waals surface area contributed by atoms with Crippen molar-refractivity contribution in [1.29, 1.82) is 0 Å². The first-order valence-electron chi connectivity index (χ1n) is 5.14. The highest BCUT2D eigenvalue weighted by Crippen LogP contribution is 2.09. The van der Waals surface area contributed by atoms with Crippen molar-refractivity contribution in [3.8, 4) is 0 Å². The normalized spacial score (nSPS) is 10.2. The minimum atomic E-state index is -0.176. The van der Waals surface area contributed by atoms with Crippen LogP contribution in [0.3, 0.4) is 0 Å². The molecule has 1 rings (SSSR count). The van der Waals surface area contributed by atoms with E-state index in [1.807, 2.05) is 13.8 Å². The number of aliphatic imine (C=N–C) groups is 1. The van der Waals surface area contributed by atoms with Crippen molar-refractivity contribution in [2.45, 2.75) is 20.8 Å². The fraction of sp³-hybridized carbons (Fsp3) is 0.333. The third-order valence-electron chi connectivity index (χ3n) is 1.74. The van der Waals surface area contributed by atoms with Crippen molar-refractivity contribution in [2.24, 2.45) is 4.99 Å². The molecule has 0 saturated heterocycles. The summed E-state index contributed by atoms with van der Waals surface area (Å²) >= 11 is 5.69. The van der Waals surface area contributed by atoms with E-state index in [1.165, 1.54) is 0 Å². The average Bonchev–Trinajstić information content (AvgIpc) is 2.32. The van der Waals surface area contributed by atoms with Crippen LogP contribution in [0.4, 0.5) is 0 Å². The summed E-state index contributed by atoms with van der Waals surface area (Å²) in [6.45, 7) is 5.73. The van der Waals surface area contributed by atoms with Crippen molar-refractivity contribution >= 4 is 23.3 Å². The summed E-state index contributed by atoms with van der Waals surface area (Å²) < 4.78 is 0. The largest absolute Gasteiger partial charge is 0.311 e. The summed E-state index contributed by atoms with van der Waals surface area (Å²) in [6.07, 6.45) is 0. The zero-order valence-electron chi connectivity index (χ0n) is 10.0. The molecule has 0 aliphatic heterocycles. The van der Waals surface area contributed by atoms with E-state index < -0.39 is 0 Å². The van der Waals surface area contributed by atoms with Crippen LogP contribution in [-0.4, -0.2) is 18.8 Å². The Bertz CT molecular complexity index is 358. The van der Waals surface area contributed by atoms with E-state index in [0.29, 0.717) is 16.4 Å². The number of hydrogen-bond donors (Lipinski definition) is 1. The van der Waals surface area contributed by atoms with Gasteiger partial charge in [0.2, 0.25) is 0 Å². The Morgan fingerprint density at radius 3 is 2.19 bits per heavy atom. The zero-order valence-corrected chi connectivity index (χ0v) is 10.8. The van der Waals surface area contributed by atoms with Gasteiger partial charge in [0.15, 0.2) is 0 Å². The van der Waals surface area contributed by atoms with Crippen LogP contribution >= 0.6 is 11.6 Å². The number of carbonyl (C=O) groups excluding carboxylic acids is 1. The molecule has 1 aromatic rings. The Morgan fingerprint density at radius 1 is 1.25 bits per heavy atom. The fourth-order valence-electron chi connectivity index (χ4n) is 0.894. The molecule has 16 heavy (non-hydrogen) atoms. The highest BCUT2D eigenvalue weighted by Gasteiger charge is 2.04. The van der Waals surface area contributed by atoms with Gasteiger partial charge in [-0.05, 0) is 31.2 Å². The number of amides is 1. The molecule has 0 fully saturated rings. The van der Waals surface area contributed by atoms with Crippen LogP contribution in [0.2, 0.25) is 5.02 Å². The van der Waals surface area contributed by atoms with Gasteiger partial charge in [0.25, 0.3) is 5.91 Å². The quantitative estimate of drug-likeness (QED) is 0.595. The molecule has 1 N–H and O–H groups in total. The van der Waals surface area contributed by atoms with Crippen LogP contribution in [0.1, 0.15) is 31.1 Å². The van der Waals surface area contributed by atoms with Crippen molar-refractivity contribution in [3.63, 3.8) is 0 Å². The summed E-state index contributed by atoms with van der Waals surface area (Å²) in [5.41, 5.74) is 0.567. The second kappa shape index (κ2) is 7.88. The zero-order chi connectivity index (χ0) is 12.6. The number of benzene rings is 1. The number of amidine groups is 1. The number of nitrogens with one attached hydrogen (secondary N) is 1. The molecule has 0 spiro atoms. The van der Waals surface area contributed by atoms with E-state index in [4.69, 9.17) is 11.6 Å². The molecule has 0 aliphatic carbocycles. The second-order valence-corrected chi connectivity index (χ2v) is 3.21. The van der Waals surface area contributed by atoms with Crippen molar-refractivity contribution in [3.05, 3.63) is 34.9 Å². The first kappa shape index (κ1) is 14.6. The van der Waals surface area contributed by atoms with Crippen LogP contribution in [0, 0.1) is 0 Å². The van der Waals surface area contributed by atoms with Gasteiger partial charge in [0.05, 0.1) is 5.84 Å². The predicted molar refractivity (Wildman–Crippen MR) is 69.3 cm³/mol. The van der Waals surface area contributed by atoms with E-state index in [1.54, 1.807) is 38.2 Å². The highest BCUT2D eigenvalue weighted by molar-refractivity contribution is 6.30. The van der Waals surface area contributed by atoms with E-state index >= 15 is 0 Å². The van der Waals surface area contributed by atoms with Gasteiger partial charge in [-0.15, -0.1) is 0 Å². The predicted octanol–water partition coefficient (Wildman–Crippen LogP) is 3.14. The summed E-state index contributed by atoms with van der Waals surface area (Å²) in [6, 6.07) is 6.69. The van der Waals surface area contributed by atoms with Gasteiger partial charge < -0.3 is 5.32 Å². The van der Waals surface area contributed by atoms with Crippen LogP contribution in [0.5, 0.6) is 0 Å². The summed E-state index contributed by atoms with van der Waals surface area (Å²) in [4.78, 5) is 15.3. The molecule has 0 unspecified atom stereocenters. The molecule has 0 bridgehead atoms. The van der Waals surface area contributed by atoms with Crippen LogP contribution in [0.15, 0.2) is 29.3 Å². The standard InChI is InChI=1S/C10H11ClN2O.C2H6/c1-7(12-2)13-10(14)8-3-5-9(11)6-4-8;1-2/h3-6H,1-2H3,(H,12,13,14);1-2H3. The van der Waals surface area contributed by atoms with E-state index in [2.05, 4.69) is 10.3 Å². The first-order valence-corrected chi connectivity index (χ1v) is 5.51. The Hall–Kier alpha value is -1.35. The molecule has 0 aromatic heterocycles. The second-order valence-electron chi connectivity index (χ2n) is 2.77. The number of carbonyl (C=O) groups is 1. The number of hydrogen-bond acceptors (Lipinski definition) is 2. The Morgan fingerprint density at radius 2 is 1.75 bits per heavy atom. The Labute approximate surface area is 102 Å².